The third kappa shape index (κ3) is 9.75. The maximum absolute atomic E-state index is 11.7. The van der Waals surface area contributed by atoms with Crippen molar-refractivity contribution in [3.8, 4) is 34.6 Å². The van der Waals surface area contributed by atoms with Crippen molar-refractivity contribution in [2.75, 3.05) is 12.5 Å². The van der Waals surface area contributed by atoms with Crippen LogP contribution in [0.1, 0.15) is 22.5 Å². The summed E-state index contributed by atoms with van der Waals surface area (Å²) in [6.45, 7) is 3.36. The van der Waals surface area contributed by atoms with Crippen LogP contribution in [-0.4, -0.2) is 81.8 Å². The molecule has 0 aliphatic heterocycles. The van der Waals surface area contributed by atoms with Gasteiger partial charge in [-0.1, -0.05) is 47.5 Å². The van der Waals surface area contributed by atoms with Crippen LogP contribution in [0.2, 0.25) is 10.0 Å². The van der Waals surface area contributed by atoms with Gasteiger partial charge in [-0.2, -0.15) is 19.6 Å². The van der Waals surface area contributed by atoms with Crippen LogP contribution in [0.15, 0.2) is 105 Å². The number of phenolic OH excluding ortho intramolecular Hbond substituents is 2. The minimum atomic E-state index is -3.44. The van der Waals surface area contributed by atoms with Crippen LogP contribution in [0, 0.1) is 13.8 Å². The van der Waals surface area contributed by atoms with E-state index in [9.17, 15) is 37.3 Å². The molecule has 4 aromatic carbocycles. The Labute approximate surface area is 337 Å². The van der Waals surface area contributed by atoms with E-state index in [-0.39, 0.29) is 61.8 Å². The first-order chi connectivity index (χ1) is 25.4. The Morgan fingerprint density at radius 2 is 0.945 bits per heavy atom. The molecule has 0 saturated carbocycles. The zero-order valence-electron chi connectivity index (χ0n) is 29.3. The molecule has 0 spiro atoms. The fourth-order valence-electron chi connectivity index (χ4n) is 4.88. The zero-order valence-corrected chi connectivity index (χ0v) is 33.7. The summed E-state index contributed by atoms with van der Waals surface area (Å²) in [5.41, 5.74) is 2.72. The van der Waals surface area contributed by atoms with E-state index in [0.717, 1.165) is 12.5 Å². The van der Waals surface area contributed by atoms with E-state index >= 15 is 0 Å². The Bertz CT molecular complexity index is 2500. The average Bonchev–Trinajstić information content (AvgIpc) is 3.55. The summed E-state index contributed by atoms with van der Waals surface area (Å²) in [5, 5.41) is 50.2. The van der Waals surface area contributed by atoms with Crippen LogP contribution >= 0.6 is 23.2 Å². The second-order valence-corrected chi connectivity index (χ2v) is 16.6. The van der Waals surface area contributed by atoms with Crippen LogP contribution in [0.5, 0.6) is 23.3 Å². The number of aromatic nitrogens is 4. The van der Waals surface area contributed by atoms with Crippen molar-refractivity contribution in [1.29, 1.82) is 0 Å². The molecule has 0 unspecified atom stereocenters. The Morgan fingerprint density at radius 3 is 1.27 bits per heavy atom. The summed E-state index contributed by atoms with van der Waals surface area (Å²) in [7, 11) is -6.89. The fraction of sp³-hybridized carbons (Fsp3) is 0.111. The van der Waals surface area contributed by atoms with E-state index in [1.54, 1.807) is 62.4 Å². The number of phenols is 2. The van der Waals surface area contributed by atoms with E-state index in [1.807, 2.05) is 0 Å². The quantitative estimate of drug-likeness (QED) is 0.118. The van der Waals surface area contributed by atoms with Gasteiger partial charge in [0.1, 0.15) is 22.9 Å². The topological polar surface area (TPSA) is 210 Å². The van der Waals surface area contributed by atoms with Crippen molar-refractivity contribution in [2.45, 2.75) is 23.6 Å². The predicted octanol–water partition coefficient (Wildman–Crippen LogP) is 6.80. The van der Waals surface area contributed by atoms with Crippen molar-refractivity contribution in [3.05, 3.63) is 117 Å². The molecule has 6 aromatic rings. The first kappa shape index (κ1) is 42.6. The monoisotopic (exact) mass is 862 g/mol. The van der Waals surface area contributed by atoms with E-state index < -0.39 is 19.7 Å². The largest absolute Gasteiger partial charge is 0.506 e. The third-order valence-corrected chi connectivity index (χ3v) is 10.6. The second-order valence-electron chi connectivity index (χ2n) is 11.7. The maximum atomic E-state index is 11.7. The minimum Gasteiger partial charge on any atom is -0.506 e. The van der Waals surface area contributed by atoms with E-state index in [4.69, 9.17) is 23.2 Å². The Morgan fingerprint density at radius 1 is 0.600 bits per heavy atom. The molecule has 286 valence electrons. The zero-order chi connectivity index (χ0) is 39.5. The van der Waals surface area contributed by atoms with Gasteiger partial charge in [-0.3, -0.25) is 9.98 Å². The fourth-order valence-corrected chi connectivity index (χ4v) is 6.60. The number of nitrogens with zero attached hydrogens (tertiary/aromatic N) is 6. The molecule has 0 atom stereocenters. The number of hydrogen-bond donors (Lipinski definition) is 4. The molecule has 4 N–H and O–H groups in total. The van der Waals surface area contributed by atoms with Crippen molar-refractivity contribution in [1.82, 2.24) is 19.6 Å². The van der Waals surface area contributed by atoms with Crippen molar-refractivity contribution in [3.63, 3.8) is 0 Å². The van der Waals surface area contributed by atoms with Gasteiger partial charge in [0.25, 0.3) is 0 Å². The van der Waals surface area contributed by atoms with Crippen molar-refractivity contribution in [2.24, 2.45) is 9.98 Å². The van der Waals surface area contributed by atoms with Crippen LogP contribution < -0.4 is 0 Å². The van der Waals surface area contributed by atoms with Gasteiger partial charge in [-0.25, -0.2) is 16.8 Å². The molecular weight excluding hydrogens is 831 g/mol. The molecule has 19 heteroatoms. The van der Waals surface area contributed by atoms with Crippen molar-refractivity contribution >= 4 is 66.7 Å². The summed E-state index contributed by atoms with van der Waals surface area (Å²) in [6, 6.07) is 21.4. The molecule has 2 aromatic heterocycles. The van der Waals surface area contributed by atoms with E-state index in [2.05, 4.69) is 20.2 Å². The molecule has 55 heavy (non-hydrogen) atoms. The molecule has 0 fully saturated rings. The van der Waals surface area contributed by atoms with Crippen molar-refractivity contribution < 1.29 is 54.6 Å². The number of aromatic hydroxyl groups is 4. The molecule has 0 bridgehead atoms. The average molecular weight is 864 g/mol. The molecule has 0 radical (unpaired) electrons. The minimum absolute atomic E-state index is 0. The number of aryl methyl sites for hydroxylation is 2. The summed E-state index contributed by atoms with van der Waals surface area (Å²) >= 11 is 12.3. The van der Waals surface area contributed by atoms with Gasteiger partial charge in [0.2, 0.25) is 11.8 Å². The number of sulfone groups is 2. The summed E-state index contributed by atoms with van der Waals surface area (Å²) in [5.74, 6) is -0.727. The molecule has 6 rings (SSSR count). The van der Waals surface area contributed by atoms with Gasteiger partial charge in [0, 0.05) is 42.3 Å². The molecule has 14 nitrogen and oxygen atoms in total. The number of benzene rings is 4. The standard InChI is InChI=1S/2C18H16ClN3O4S.Cr/c2*1-11-13(18(24)22(21-11)16-6-4-3-5-14(16)19)10-20-15-9-12(27(2,25)26)7-8-17(15)23;/h2*3-10,23-24H,1-2H3;. The van der Waals surface area contributed by atoms with Crippen LogP contribution in [0.4, 0.5) is 11.4 Å². The second kappa shape index (κ2) is 17.1. The maximum Gasteiger partial charge on any atom is 0.223 e. The van der Waals surface area contributed by atoms with Crippen LogP contribution in [0.25, 0.3) is 11.4 Å². The molecule has 2 heterocycles. The third-order valence-electron chi connectivity index (χ3n) is 7.74. The van der Waals surface area contributed by atoms with Crippen LogP contribution in [0.3, 0.4) is 0 Å². The molecule has 0 saturated heterocycles. The Hall–Kier alpha value is -5.15. The number of para-hydroxylation sites is 2. The summed E-state index contributed by atoms with van der Waals surface area (Å²) in [6.07, 6.45) is 4.76. The predicted molar refractivity (Wildman–Crippen MR) is 207 cm³/mol. The van der Waals surface area contributed by atoms with Gasteiger partial charge in [0.05, 0.1) is 53.7 Å². The van der Waals surface area contributed by atoms with Gasteiger partial charge in [-0.15, -0.1) is 0 Å². The van der Waals surface area contributed by atoms with Gasteiger partial charge >= 0.3 is 0 Å². The normalized spacial score (nSPS) is 11.7. The Kier molecular flexibility index (Phi) is 13.3. The summed E-state index contributed by atoms with van der Waals surface area (Å²) < 4.78 is 49.3. The molecule has 0 amide bonds. The number of aliphatic imine (C=N–C) groups is 2. The van der Waals surface area contributed by atoms with E-state index in [1.165, 1.54) is 58.2 Å². The first-order valence-electron chi connectivity index (χ1n) is 15.6. The SMILES string of the molecule is Cc1nn(-c2ccccc2Cl)c(O)c1C=Nc1cc(S(C)(=O)=O)ccc1O.Cc1nn(-c2ccccc2Cl)c(O)c1C=Nc1cc(S(C)(=O)=O)ccc1O.[Cr]. The number of hydrogen-bond acceptors (Lipinski definition) is 12. The van der Waals surface area contributed by atoms with Gasteiger partial charge in [0.15, 0.2) is 19.7 Å². The molecule has 0 aliphatic carbocycles. The number of rotatable bonds is 8. The van der Waals surface area contributed by atoms with Gasteiger partial charge in [-0.05, 0) is 74.5 Å². The smallest absolute Gasteiger partial charge is 0.223 e. The van der Waals surface area contributed by atoms with E-state index in [0.29, 0.717) is 43.9 Å². The molecular formula is C36H32Cl2CrN6O8S2. The molecule has 0 aliphatic rings. The number of halogens is 2. The van der Waals surface area contributed by atoms with Gasteiger partial charge < -0.3 is 20.4 Å². The first-order valence-corrected chi connectivity index (χ1v) is 20.1. The van der Waals surface area contributed by atoms with Crippen LogP contribution in [-0.2, 0) is 37.0 Å². The summed E-state index contributed by atoms with van der Waals surface area (Å²) in [4.78, 5) is 8.29. The Balaban J connectivity index is 0.000000240.